The number of rotatable bonds is 0. The van der Waals surface area contributed by atoms with Gasteiger partial charge in [-0.25, -0.2) is 9.97 Å². The minimum absolute atomic E-state index is 0.998. The highest BCUT2D eigenvalue weighted by Crippen LogP contribution is 2.08. The average Bonchev–Trinajstić information content (AvgIpc) is 2.45. The number of aryl methyl sites for hydroxylation is 2. The van der Waals surface area contributed by atoms with E-state index in [1.165, 1.54) is 0 Å². The van der Waals surface area contributed by atoms with Crippen LogP contribution in [0.3, 0.4) is 0 Å². The van der Waals surface area contributed by atoms with Crippen LogP contribution in [0.5, 0.6) is 0 Å². The summed E-state index contributed by atoms with van der Waals surface area (Å²) in [6, 6.07) is 0. The molecule has 0 aliphatic rings. The highest BCUT2D eigenvalue weighted by molar-refractivity contribution is 5.47. The maximum atomic E-state index is 4.20. The van der Waals surface area contributed by atoms with Gasteiger partial charge in [0.2, 0.25) is 0 Å². The molecule has 56 valence electrons. The first-order valence-corrected chi connectivity index (χ1v) is 3.54. The Labute approximate surface area is 64.7 Å². The van der Waals surface area contributed by atoms with Crippen molar-refractivity contribution in [3.05, 3.63) is 30.0 Å². The van der Waals surface area contributed by atoms with Crippen LogP contribution < -0.4 is 0 Å². The third kappa shape index (κ3) is 0.808. The Bertz CT molecular complexity index is 389. The van der Waals surface area contributed by atoms with Gasteiger partial charge in [0.1, 0.15) is 12.0 Å². The predicted molar refractivity (Wildman–Crippen MR) is 42.5 cm³/mol. The van der Waals surface area contributed by atoms with Crippen LogP contribution >= 0.6 is 0 Å². The molecule has 0 unspecified atom stereocenters. The van der Waals surface area contributed by atoms with Crippen LogP contribution in [0.4, 0.5) is 0 Å². The molecule has 0 bridgehead atoms. The van der Waals surface area contributed by atoms with E-state index in [0.717, 1.165) is 16.9 Å². The number of hydrogen-bond donors (Lipinski definition) is 0. The lowest BCUT2D eigenvalue weighted by Crippen LogP contribution is -1.93. The van der Waals surface area contributed by atoms with Crippen LogP contribution in [0.15, 0.2) is 18.7 Å². The molecule has 2 rings (SSSR count). The summed E-state index contributed by atoms with van der Waals surface area (Å²) >= 11 is 0. The minimum Gasteiger partial charge on any atom is -0.290 e. The summed E-state index contributed by atoms with van der Waals surface area (Å²) in [6.45, 7) is 4.02. The fraction of sp³-hybridized carbons (Fsp3) is 0.250. The van der Waals surface area contributed by atoms with Gasteiger partial charge in [-0.1, -0.05) is 0 Å². The Hall–Kier alpha value is -1.38. The van der Waals surface area contributed by atoms with E-state index in [2.05, 4.69) is 9.97 Å². The molecule has 0 radical (unpaired) electrons. The molecule has 0 N–H and O–H groups in total. The van der Waals surface area contributed by atoms with Crippen molar-refractivity contribution in [1.29, 1.82) is 0 Å². The van der Waals surface area contributed by atoms with Crippen molar-refractivity contribution >= 4 is 5.65 Å². The van der Waals surface area contributed by atoms with Gasteiger partial charge in [0.05, 0.1) is 0 Å². The third-order valence-electron chi connectivity index (χ3n) is 1.92. The summed E-state index contributed by atoms with van der Waals surface area (Å²) in [7, 11) is 0. The largest absolute Gasteiger partial charge is 0.290 e. The Morgan fingerprint density at radius 3 is 2.91 bits per heavy atom. The lowest BCUT2D eigenvalue weighted by atomic mass is 10.3. The monoisotopic (exact) mass is 147 g/mol. The molecule has 0 aliphatic carbocycles. The first-order valence-electron chi connectivity index (χ1n) is 3.54. The van der Waals surface area contributed by atoms with E-state index >= 15 is 0 Å². The van der Waals surface area contributed by atoms with Gasteiger partial charge in [0, 0.05) is 23.7 Å². The first kappa shape index (κ1) is 6.34. The van der Waals surface area contributed by atoms with E-state index < -0.39 is 0 Å². The van der Waals surface area contributed by atoms with Gasteiger partial charge in [-0.05, 0) is 13.8 Å². The number of aromatic nitrogens is 3. The van der Waals surface area contributed by atoms with Gasteiger partial charge in [-0.15, -0.1) is 0 Å². The molecule has 0 saturated carbocycles. The van der Waals surface area contributed by atoms with Crippen LogP contribution in [-0.2, 0) is 0 Å². The lowest BCUT2D eigenvalue weighted by Gasteiger charge is -1.99. The van der Waals surface area contributed by atoms with E-state index in [0.29, 0.717) is 0 Å². The number of nitrogens with zero attached hydrogens (tertiary/aromatic N) is 3. The SMILES string of the molecule is Cc1ncn2ccnc2c1C. The van der Waals surface area contributed by atoms with Gasteiger partial charge in [0.15, 0.2) is 0 Å². The van der Waals surface area contributed by atoms with E-state index in [1.807, 2.05) is 24.4 Å². The summed E-state index contributed by atoms with van der Waals surface area (Å²) in [4.78, 5) is 8.40. The maximum Gasteiger partial charge on any atom is 0.142 e. The molecule has 3 nitrogen and oxygen atoms in total. The summed E-state index contributed by atoms with van der Waals surface area (Å²) < 4.78 is 1.92. The van der Waals surface area contributed by atoms with Gasteiger partial charge >= 0.3 is 0 Å². The van der Waals surface area contributed by atoms with Gasteiger partial charge in [-0.3, -0.25) is 4.40 Å². The molecule has 0 aromatic carbocycles. The highest BCUT2D eigenvalue weighted by atomic mass is 15.0. The summed E-state index contributed by atoms with van der Waals surface area (Å²) in [5.74, 6) is 0. The number of imidazole rings is 1. The van der Waals surface area contributed by atoms with E-state index in [9.17, 15) is 0 Å². The molecular weight excluding hydrogens is 138 g/mol. The highest BCUT2D eigenvalue weighted by Gasteiger charge is 2.00. The molecule has 2 aromatic rings. The average molecular weight is 147 g/mol. The van der Waals surface area contributed by atoms with Crippen LogP contribution in [0.25, 0.3) is 5.65 Å². The lowest BCUT2D eigenvalue weighted by molar-refractivity contribution is 1.02. The van der Waals surface area contributed by atoms with Crippen molar-refractivity contribution in [3.63, 3.8) is 0 Å². The smallest absolute Gasteiger partial charge is 0.142 e. The zero-order valence-corrected chi connectivity index (χ0v) is 6.57. The molecule has 0 atom stereocenters. The predicted octanol–water partition coefficient (Wildman–Crippen LogP) is 1.35. The second kappa shape index (κ2) is 2.05. The summed E-state index contributed by atoms with van der Waals surface area (Å²) in [5, 5.41) is 0. The zero-order chi connectivity index (χ0) is 7.84. The van der Waals surface area contributed by atoms with Crippen LogP contribution in [0.1, 0.15) is 11.3 Å². The van der Waals surface area contributed by atoms with Crippen molar-refractivity contribution in [2.24, 2.45) is 0 Å². The molecule has 2 aromatic heterocycles. The molecule has 0 fully saturated rings. The third-order valence-corrected chi connectivity index (χ3v) is 1.92. The van der Waals surface area contributed by atoms with E-state index in [4.69, 9.17) is 0 Å². The van der Waals surface area contributed by atoms with Crippen molar-refractivity contribution in [2.75, 3.05) is 0 Å². The van der Waals surface area contributed by atoms with E-state index in [1.54, 1.807) is 12.5 Å². The summed E-state index contributed by atoms with van der Waals surface area (Å²) in [5.41, 5.74) is 3.19. The Morgan fingerprint density at radius 2 is 2.09 bits per heavy atom. The Kier molecular flexibility index (Phi) is 1.18. The van der Waals surface area contributed by atoms with Gasteiger partial charge in [-0.2, -0.15) is 0 Å². The number of hydrogen-bond acceptors (Lipinski definition) is 2. The fourth-order valence-electron chi connectivity index (χ4n) is 1.10. The molecule has 0 aliphatic heterocycles. The summed E-state index contributed by atoms with van der Waals surface area (Å²) in [6.07, 6.45) is 5.46. The van der Waals surface area contributed by atoms with Gasteiger partial charge < -0.3 is 0 Å². The molecule has 2 heterocycles. The maximum absolute atomic E-state index is 4.20. The first-order chi connectivity index (χ1) is 5.29. The van der Waals surface area contributed by atoms with Crippen LogP contribution in [0.2, 0.25) is 0 Å². The van der Waals surface area contributed by atoms with Crippen LogP contribution in [-0.4, -0.2) is 14.4 Å². The molecule has 0 saturated heterocycles. The minimum atomic E-state index is 0.998. The van der Waals surface area contributed by atoms with Crippen LogP contribution in [0, 0.1) is 13.8 Å². The normalized spacial score (nSPS) is 10.7. The van der Waals surface area contributed by atoms with Crippen molar-refractivity contribution in [1.82, 2.24) is 14.4 Å². The standard InChI is InChI=1S/C8H9N3/c1-6-7(2)10-5-11-4-3-9-8(6)11/h3-5H,1-2H3. The van der Waals surface area contributed by atoms with Crippen molar-refractivity contribution in [2.45, 2.75) is 13.8 Å². The number of fused-ring (bicyclic) bond motifs is 1. The molecule has 3 heteroatoms. The quantitative estimate of drug-likeness (QED) is 0.563. The molecule has 0 amide bonds. The second-order valence-electron chi connectivity index (χ2n) is 2.61. The molecular formula is C8H9N3. The van der Waals surface area contributed by atoms with Crippen molar-refractivity contribution < 1.29 is 0 Å². The van der Waals surface area contributed by atoms with Gasteiger partial charge in [0.25, 0.3) is 0 Å². The molecule has 11 heavy (non-hydrogen) atoms. The Balaban J connectivity index is 2.93. The fourth-order valence-corrected chi connectivity index (χ4v) is 1.10. The van der Waals surface area contributed by atoms with E-state index in [-0.39, 0.29) is 0 Å². The second-order valence-corrected chi connectivity index (χ2v) is 2.61. The zero-order valence-electron chi connectivity index (χ0n) is 6.57. The molecule has 0 spiro atoms. The topological polar surface area (TPSA) is 30.2 Å². The van der Waals surface area contributed by atoms with Crippen molar-refractivity contribution in [3.8, 4) is 0 Å². The Morgan fingerprint density at radius 1 is 1.27 bits per heavy atom.